The third kappa shape index (κ3) is 5.68. The topological polar surface area (TPSA) is 57.4 Å². The number of aryl methyl sites for hydroxylation is 1. The SMILES string of the molecule is CSC(=Nc1ccccc1OCCCc1ccccc1)NC#N. The molecule has 0 spiro atoms. The van der Waals surface area contributed by atoms with E-state index in [9.17, 15) is 0 Å². The van der Waals surface area contributed by atoms with Gasteiger partial charge in [0.15, 0.2) is 11.4 Å². The zero-order chi connectivity index (χ0) is 16.3. The minimum Gasteiger partial charge on any atom is -0.491 e. The number of amidine groups is 1. The Morgan fingerprint density at radius 2 is 1.91 bits per heavy atom. The van der Waals surface area contributed by atoms with E-state index in [1.807, 2.05) is 54.9 Å². The first-order valence-electron chi connectivity index (χ1n) is 7.37. The summed E-state index contributed by atoms with van der Waals surface area (Å²) < 4.78 is 5.86. The molecule has 0 aliphatic rings. The molecule has 0 unspecified atom stereocenters. The molecule has 1 N–H and O–H groups in total. The van der Waals surface area contributed by atoms with Crippen LogP contribution in [0.1, 0.15) is 12.0 Å². The van der Waals surface area contributed by atoms with Crippen molar-refractivity contribution < 1.29 is 4.74 Å². The van der Waals surface area contributed by atoms with Crippen LogP contribution in [-0.4, -0.2) is 18.0 Å². The second-order valence-corrected chi connectivity index (χ2v) is 5.56. The van der Waals surface area contributed by atoms with E-state index < -0.39 is 0 Å². The molecule has 2 aromatic rings. The summed E-state index contributed by atoms with van der Waals surface area (Å²) >= 11 is 1.38. The number of thioether (sulfide) groups is 1. The van der Waals surface area contributed by atoms with Gasteiger partial charge in [0.1, 0.15) is 11.4 Å². The summed E-state index contributed by atoms with van der Waals surface area (Å²) in [5.41, 5.74) is 2.03. The van der Waals surface area contributed by atoms with Gasteiger partial charge in [-0.1, -0.05) is 54.2 Å². The Kier molecular flexibility index (Phi) is 7.02. The maximum Gasteiger partial charge on any atom is 0.183 e. The summed E-state index contributed by atoms with van der Waals surface area (Å²) in [5.74, 6) is 0.729. The highest BCUT2D eigenvalue weighted by molar-refractivity contribution is 8.13. The Labute approximate surface area is 141 Å². The number of ether oxygens (including phenoxy) is 1. The van der Waals surface area contributed by atoms with Crippen LogP contribution < -0.4 is 10.1 Å². The lowest BCUT2D eigenvalue weighted by Gasteiger charge is -2.09. The van der Waals surface area contributed by atoms with Gasteiger partial charge < -0.3 is 4.74 Å². The smallest absolute Gasteiger partial charge is 0.183 e. The number of aliphatic imine (C=N–C) groups is 1. The van der Waals surface area contributed by atoms with Crippen molar-refractivity contribution in [1.29, 1.82) is 5.26 Å². The summed E-state index contributed by atoms with van der Waals surface area (Å²) in [4.78, 5) is 4.42. The van der Waals surface area contributed by atoms with E-state index in [1.54, 1.807) is 0 Å². The van der Waals surface area contributed by atoms with Crippen LogP contribution in [0.4, 0.5) is 5.69 Å². The van der Waals surface area contributed by atoms with Crippen LogP contribution >= 0.6 is 11.8 Å². The first-order valence-corrected chi connectivity index (χ1v) is 8.59. The predicted octanol–water partition coefficient (Wildman–Crippen LogP) is 4.12. The van der Waals surface area contributed by atoms with E-state index in [0.29, 0.717) is 11.8 Å². The van der Waals surface area contributed by atoms with Crippen LogP contribution in [0.25, 0.3) is 0 Å². The fourth-order valence-corrected chi connectivity index (χ4v) is 2.39. The lowest BCUT2D eigenvalue weighted by atomic mass is 10.1. The van der Waals surface area contributed by atoms with Gasteiger partial charge in [0.2, 0.25) is 0 Å². The maximum atomic E-state index is 8.71. The molecule has 0 bridgehead atoms. The normalized spacial score (nSPS) is 10.9. The number of hydrogen-bond donors (Lipinski definition) is 1. The standard InChI is InChI=1S/C18H19N3OS/c1-23-18(20-14-19)21-16-11-5-6-12-17(16)22-13-7-10-15-8-3-2-4-9-15/h2-6,8-9,11-12H,7,10,13H2,1H3,(H,20,21). The third-order valence-corrected chi connectivity index (χ3v) is 3.73. The molecule has 2 rings (SSSR count). The number of nitrogens with zero attached hydrogens (tertiary/aromatic N) is 2. The number of benzene rings is 2. The molecular formula is C18H19N3OS. The van der Waals surface area contributed by atoms with E-state index in [1.165, 1.54) is 17.3 Å². The zero-order valence-corrected chi connectivity index (χ0v) is 13.8. The van der Waals surface area contributed by atoms with Gasteiger partial charge >= 0.3 is 0 Å². The average Bonchev–Trinajstić information content (AvgIpc) is 2.60. The van der Waals surface area contributed by atoms with Crippen LogP contribution in [0, 0.1) is 11.5 Å². The van der Waals surface area contributed by atoms with Crippen molar-refractivity contribution in [2.24, 2.45) is 4.99 Å². The van der Waals surface area contributed by atoms with Gasteiger partial charge in [0.25, 0.3) is 0 Å². The predicted molar refractivity (Wildman–Crippen MR) is 96.1 cm³/mol. The van der Waals surface area contributed by atoms with E-state index in [0.717, 1.165) is 24.3 Å². The van der Waals surface area contributed by atoms with Gasteiger partial charge in [-0.3, -0.25) is 5.32 Å². The first kappa shape index (κ1) is 16.9. The Balaban J connectivity index is 1.94. The minimum absolute atomic E-state index is 0.549. The van der Waals surface area contributed by atoms with Gasteiger partial charge in [0, 0.05) is 0 Å². The average molecular weight is 325 g/mol. The maximum absolute atomic E-state index is 8.71. The van der Waals surface area contributed by atoms with E-state index in [2.05, 4.69) is 22.4 Å². The molecule has 0 radical (unpaired) electrons. The first-order chi connectivity index (χ1) is 11.3. The number of para-hydroxylation sites is 2. The number of hydrogen-bond acceptors (Lipinski definition) is 4. The van der Waals surface area contributed by atoms with Crippen molar-refractivity contribution in [3.05, 3.63) is 60.2 Å². The molecule has 2 aromatic carbocycles. The van der Waals surface area contributed by atoms with E-state index in [-0.39, 0.29) is 0 Å². The Morgan fingerprint density at radius 1 is 1.17 bits per heavy atom. The molecule has 23 heavy (non-hydrogen) atoms. The van der Waals surface area contributed by atoms with Crippen LogP contribution in [0.5, 0.6) is 5.75 Å². The Hall–Kier alpha value is -2.45. The second-order valence-electron chi connectivity index (χ2n) is 4.76. The highest BCUT2D eigenvalue weighted by Gasteiger charge is 2.04. The van der Waals surface area contributed by atoms with Crippen molar-refractivity contribution in [3.63, 3.8) is 0 Å². The second kappa shape index (κ2) is 9.54. The molecule has 5 heteroatoms. The lowest BCUT2D eigenvalue weighted by Crippen LogP contribution is -2.12. The molecule has 118 valence electrons. The molecule has 0 aromatic heterocycles. The fourth-order valence-electron chi connectivity index (χ4n) is 2.06. The molecule has 0 amide bonds. The summed E-state index contributed by atoms with van der Waals surface area (Å²) in [6.07, 6.45) is 5.68. The number of nitrogens with one attached hydrogen (secondary N) is 1. The van der Waals surface area contributed by atoms with E-state index in [4.69, 9.17) is 10.00 Å². The highest BCUT2D eigenvalue weighted by Crippen LogP contribution is 2.27. The summed E-state index contributed by atoms with van der Waals surface area (Å²) in [6.45, 7) is 0.627. The van der Waals surface area contributed by atoms with Crippen molar-refractivity contribution in [3.8, 4) is 11.9 Å². The van der Waals surface area contributed by atoms with Gasteiger partial charge in [-0.05, 0) is 36.8 Å². The van der Waals surface area contributed by atoms with Crippen LogP contribution in [0.3, 0.4) is 0 Å². The zero-order valence-electron chi connectivity index (χ0n) is 13.0. The van der Waals surface area contributed by atoms with Crippen molar-refractivity contribution >= 4 is 22.6 Å². The molecule has 0 saturated carbocycles. The Morgan fingerprint density at radius 3 is 2.65 bits per heavy atom. The molecular weight excluding hydrogens is 306 g/mol. The quantitative estimate of drug-likeness (QED) is 0.285. The van der Waals surface area contributed by atoms with Crippen molar-refractivity contribution in [1.82, 2.24) is 5.32 Å². The van der Waals surface area contributed by atoms with Gasteiger partial charge in [-0.15, -0.1) is 0 Å². The third-order valence-electron chi connectivity index (χ3n) is 3.15. The van der Waals surface area contributed by atoms with Crippen LogP contribution in [0.2, 0.25) is 0 Å². The molecule has 0 aliphatic carbocycles. The van der Waals surface area contributed by atoms with Gasteiger partial charge in [0.05, 0.1) is 6.61 Å². The summed E-state index contributed by atoms with van der Waals surface area (Å²) in [7, 11) is 0. The largest absolute Gasteiger partial charge is 0.491 e. The van der Waals surface area contributed by atoms with Gasteiger partial charge in [-0.25, -0.2) is 4.99 Å². The molecule has 0 fully saturated rings. The molecule has 0 saturated heterocycles. The van der Waals surface area contributed by atoms with Crippen LogP contribution in [-0.2, 0) is 6.42 Å². The number of rotatable bonds is 6. The van der Waals surface area contributed by atoms with Gasteiger partial charge in [-0.2, -0.15) is 5.26 Å². The lowest BCUT2D eigenvalue weighted by molar-refractivity contribution is 0.312. The minimum atomic E-state index is 0.549. The summed E-state index contributed by atoms with van der Waals surface area (Å²) in [5, 5.41) is 11.8. The number of nitriles is 1. The highest BCUT2D eigenvalue weighted by atomic mass is 32.2. The molecule has 4 nitrogen and oxygen atoms in total. The van der Waals surface area contributed by atoms with E-state index >= 15 is 0 Å². The Bertz CT molecular complexity index is 680. The van der Waals surface area contributed by atoms with Crippen molar-refractivity contribution in [2.45, 2.75) is 12.8 Å². The van der Waals surface area contributed by atoms with Crippen LogP contribution in [0.15, 0.2) is 59.6 Å². The molecule has 0 atom stereocenters. The molecule has 0 aliphatic heterocycles. The summed E-state index contributed by atoms with van der Waals surface area (Å²) in [6, 6.07) is 18.0. The monoisotopic (exact) mass is 325 g/mol. The molecule has 0 heterocycles. The fraction of sp³-hybridized carbons (Fsp3) is 0.222. The van der Waals surface area contributed by atoms with Crippen molar-refractivity contribution in [2.75, 3.05) is 12.9 Å².